The topological polar surface area (TPSA) is 60.7 Å². The number of benzene rings is 2. The fourth-order valence-corrected chi connectivity index (χ4v) is 2.33. The summed E-state index contributed by atoms with van der Waals surface area (Å²) in [6.07, 6.45) is 0. The van der Waals surface area contributed by atoms with E-state index in [2.05, 4.69) is 5.32 Å². The number of hydrogen-bond donors (Lipinski definition) is 1. The lowest BCUT2D eigenvalue weighted by molar-refractivity contribution is 0.0919. The van der Waals surface area contributed by atoms with Gasteiger partial charge in [0.1, 0.15) is 23.9 Å². The van der Waals surface area contributed by atoms with Crippen LogP contribution in [0.2, 0.25) is 0 Å². The number of rotatable bonds is 7. The Morgan fingerprint density at radius 1 is 1.07 bits per heavy atom. The van der Waals surface area contributed by atoms with Crippen molar-refractivity contribution >= 4 is 5.91 Å². The molecule has 3 aromatic rings. The third-order valence-electron chi connectivity index (χ3n) is 3.76. The van der Waals surface area contributed by atoms with Crippen LogP contribution in [0.5, 0.6) is 11.5 Å². The Morgan fingerprint density at radius 3 is 2.56 bits per heavy atom. The summed E-state index contributed by atoms with van der Waals surface area (Å²) in [5.41, 5.74) is 0.908. The van der Waals surface area contributed by atoms with Gasteiger partial charge in [-0.25, -0.2) is 8.78 Å². The predicted molar refractivity (Wildman–Crippen MR) is 93.6 cm³/mol. The lowest BCUT2D eigenvalue weighted by Gasteiger charge is -2.06. The maximum Gasteiger partial charge on any atom is 0.287 e. The number of hydrogen-bond acceptors (Lipinski definition) is 4. The highest BCUT2D eigenvalue weighted by Crippen LogP contribution is 2.20. The van der Waals surface area contributed by atoms with Crippen LogP contribution in [0.4, 0.5) is 8.78 Å². The Bertz CT molecular complexity index is 922. The second-order valence-corrected chi connectivity index (χ2v) is 5.66. The number of ether oxygens (including phenoxy) is 2. The van der Waals surface area contributed by atoms with Crippen molar-refractivity contribution in [3.05, 3.63) is 83.3 Å². The second-order valence-electron chi connectivity index (χ2n) is 5.66. The minimum atomic E-state index is -0.806. The van der Waals surface area contributed by atoms with Crippen LogP contribution in [0.15, 0.2) is 59.0 Å². The average molecular weight is 373 g/mol. The van der Waals surface area contributed by atoms with Gasteiger partial charge in [0.05, 0.1) is 7.11 Å². The molecule has 1 aromatic heterocycles. The van der Waals surface area contributed by atoms with E-state index in [1.807, 2.05) is 12.1 Å². The van der Waals surface area contributed by atoms with Crippen molar-refractivity contribution in [1.82, 2.24) is 5.32 Å². The quantitative estimate of drug-likeness (QED) is 0.678. The summed E-state index contributed by atoms with van der Waals surface area (Å²) in [4.78, 5) is 12.1. The van der Waals surface area contributed by atoms with Crippen molar-refractivity contribution in [2.75, 3.05) is 7.11 Å². The molecule has 1 heterocycles. The van der Waals surface area contributed by atoms with Crippen LogP contribution in [0.3, 0.4) is 0 Å². The molecule has 0 saturated heterocycles. The summed E-state index contributed by atoms with van der Waals surface area (Å²) in [6, 6.07) is 13.4. The molecule has 27 heavy (non-hydrogen) atoms. The van der Waals surface area contributed by atoms with Crippen molar-refractivity contribution < 1.29 is 27.5 Å². The molecule has 0 aliphatic rings. The van der Waals surface area contributed by atoms with E-state index in [1.54, 1.807) is 25.3 Å². The van der Waals surface area contributed by atoms with Gasteiger partial charge in [-0.2, -0.15) is 0 Å². The molecule has 0 aliphatic heterocycles. The fraction of sp³-hybridized carbons (Fsp3) is 0.150. The number of furan rings is 1. The van der Waals surface area contributed by atoms with Crippen molar-refractivity contribution in [3.63, 3.8) is 0 Å². The first-order chi connectivity index (χ1) is 13.0. The van der Waals surface area contributed by atoms with Gasteiger partial charge < -0.3 is 19.2 Å². The maximum absolute atomic E-state index is 13.5. The highest BCUT2D eigenvalue weighted by Gasteiger charge is 2.12. The summed E-state index contributed by atoms with van der Waals surface area (Å²) in [5.74, 6) is -0.788. The molecule has 7 heteroatoms. The first kappa shape index (κ1) is 18.4. The molecule has 140 valence electrons. The standard InChI is InChI=1S/C20H17F2NO4/c1-25-15-5-2-13(3-6-15)11-23-20(24)19-9-7-16(27-19)12-26-18-8-4-14(21)10-17(18)22/h2-10H,11-12H2,1H3,(H,23,24). The number of carbonyl (C=O) groups is 1. The van der Waals surface area contributed by atoms with E-state index < -0.39 is 11.6 Å². The molecule has 2 aromatic carbocycles. The Balaban J connectivity index is 1.53. The van der Waals surface area contributed by atoms with Crippen LogP contribution in [-0.4, -0.2) is 13.0 Å². The number of amides is 1. The smallest absolute Gasteiger partial charge is 0.287 e. The van der Waals surface area contributed by atoms with E-state index >= 15 is 0 Å². The third kappa shape index (κ3) is 4.84. The molecule has 0 bridgehead atoms. The normalized spacial score (nSPS) is 10.5. The zero-order valence-electron chi connectivity index (χ0n) is 14.5. The van der Waals surface area contributed by atoms with Crippen molar-refractivity contribution in [2.45, 2.75) is 13.2 Å². The van der Waals surface area contributed by atoms with Crippen molar-refractivity contribution in [2.24, 2.45) is 0 Å². The monoisotopic (exact) mass is 373 g/mol. The Morgan fingerprint density at radius 2 is 1.85 bits per heavy atom. The molecule has 5 nitrogen and oxygen atoms in total. The third-order valence-corrected chi connectivity index (χ3v) is 3.76. The summed E-state index contributed by atoms with van der Waals surface area (Å²) >= 11 is 0. The molecule has 0 atom stereocenters. The van der Waals surface area contributed by atoms with Gasteiger partial charge in [-0.1, -0.05) is 12.1 Å². The van der Waals surface area contributed by atoms with Gasteiger partial charge in [0, 0.05) is 12.6 Å². The average Bonchev–Trinajstić information content (AvgIpc) is 3.15. The maximum atomic E-state index is 13.5. The van der Waals surface area contributed by atoms with Gasteiger partial charge in [0.25, 0.3) is 5.91 Å². The summed E-state index contributed by atoms with van der Waals surface area (Å²) in [7, 11) is 1.58. The zero-order chi connectivity index (χ0) is 19.2. The van der Waals surface area contributed by atoms with Crippen LogP contribution < -0.4 is 14.8 Å². The van der Waals surface area contributed by atoms with E-state index in [-0.39, 0.29) is 24.0 Å². The van der Waals surface area contributed by atoms with E-state index in [0.717, 1.165) is 23.4 Å². The molecule has 0 unspecified atom stereocenters. The molecular formula is C20H17F2NO4. The Labute approximate surface area is 154 Å². The number of halogens is 2. The number of carbonyl (C=O) groups excluding carboxylic acids is 1. The highest BCUT2D eigenvalue weighted by atomic mass is 19.1. The van der Waals surface area contributed by atoms with Gasteiger partial charge in [0.2, 0.25) is 0 Å². The largest absolute Gasteiger partial charge is 0.497 e. The van der Waals surface area contributed by atoms with Crippen molar-refractivity contribution in [1.29, 1.82) is 0 Å². The van der Waals surface area contributed by atoms with Gasteiger partial charge >= 0.3 is 0 Å². The summed E-state index contributed by atoms with van der Waals surface area (Å²) in [6.45, 7) is 0.241. The van der Waals surface area contributed by atoms with Crippen LogP contribution in [-0.2, 0) is 13.2 Å². The fourth-order valence-electron chi connectivity index (χ4n) is 2.33. The van der Waals surface area contributed by atoms with Gasteiger partial charge in [-0.15, -0.1) is 0 Å². The molecule has 0 saturated carbocycles. The van der Waals surface area contributed by atoms with E-state index in [9.17, 15) is 13.6 Å². The van der Waals surface area contributed by atoms with Crippen LogP contribution in [0.1, 0.15) is 21.9 Å². The Hall–Kier alpha value is -3.35. The number of nitrogens with one attached hydrogen (secondary N) is 1. The van der Waals surface area contributed by atoms with E-state index in [1.165, 1.54) is 12.1 Å². The molecular weight excluding hydrogens is 356 g/mol. The second kappa shape index (κ2) is 8.35. The van der Waals surface area contributed by atoms with Crippen LogP contribution >= 0.6 is 0 Å². The molecule has 0 spiro atoms. The zero-order valence-corrected chi connectivity index (χ0v) is 14.5. The predicted octanol–water partition coefficient (Wildman–Crippen LogP) is 4.08. The van der Waals surface area contributed by atoms with E-state index in [0.29, 0.717) is 12.3 Å². The van der Waals surface area contributed by atoms with E-state index in [4.69, 9.17) is 13.9 Å². The molecule has 0 fully saturated rings. The minimum absolute atomic E-state index is 0.0890. The minimum Gasteiger partial charge on any atom is -0.497 e. The highest BCUT2D eigenvalue weighted by molar-refractivity contribution is 5.91. The molecule has 1 amide bonds. The number of methoxy groups -OCH3 is 1. The van der Waals surface area contributed by atoms with Gasteiger partial charge in [-0.05, 0) is 42.0 Å². The first-order valence-electron chi connectivity index (χ1n) is 8.13. The summed E-state index contributed by atoms with van der Waals surface area (Å²) in [5, 5.41) is 2.74. The lowest BCUT2D eigenvalue weighted by atomic mass is 10.2. The van der Waals surface area contributed by atoms with Crippen molar-refractivity contribution in [3.8, 4) is 11.5 Å². The molecule has 0 radical (unpaired) electrons. The molecule has 0 aliphatic carbocycles. The van der Waals surface area contributed by atoms with Crippen LogP contribution in [0.25, 0.3) is 0 Å². The first-order valence-corrected chi connectivity index (χ1v) is 8.13. The molecule has 3 rings (SSSR count). The van der Waals surface area contributed by atoms with Gasteiger partial charge in [0.15, 0.2) is 17.3 Å². The molecule has 1 N–H and O–H groups in total. The van der Waals surface area contributed by atoms with Crippen LogP contribution in [0, 0.1) is 11.6 Å². The lowest BCUT2D eigenvalue weighted by Crippen LogP contribution is -2.22. The van der Waals surface area contributed by atoms with Gasteiger partial charge in [-0.3, -0.25) is 4.79 Å². The Kier molecular flexibility index (Phi) is 5.71. The SMILES string of the molecule is COc1ccc(CNC(=O)c2ccc(COc3ccc(F)cc3F)o2)cc1. The summed E-state index contributed by atoms with van der Waals surface area (Å²) < 4.78 is 42.1.